The molecule has 0 atom stereocenters. The summed E-state index contributed by atoms with van der Waals surface area (Å²) in [4.78, 5) is 11.5. The van der Waals surface area contributed by atoms with Crippen molar-refractivity contribution in [2.24, 2.45) is 0 Å². The van der Waals surface area contributed by atoms with E-state index in [1.807, 2.05) is 0 Å². The van der Waals surface area contributed by atoms with Crippen LogP contribution in [-0.2, 0) is 0 Å². The normalized spacial score (nSPS) is 11.5. The first-order valence-electron chi connectivity index (χ1n) is 4.97. The van der Waals surface area contributed by atoms with Crippen LogP contribution in [0.15, 0.2) is 15.2 Å². The fourth-order valence-electron chi connectivity index (χ4n) is 1.18. The van der Waals surface area contributed by atoms with E-state index in [0.717, 1.165) is 3.79 Å². The van der Waals surface area contributed by atoms with Crippen LogP contribution in [0.2, 0.25) is 0 Å². The lowest BCUT2D eigenvalue weighted by Crippen LogP contribution is -2.24. The van der Waals surface area contributed by atoms with Crippen LogP contribution >= 0.6 is 27.3 Å². The molecule has 0 radical (unpaired) electrons. The summed E-state index contributed by atoms with van der Waals surface area (Å²) in [5, 5.41) is 4.27. The number of alkyl halides is 3. The Hall–Kier alpha value is -0.560. The van der Waals surface area contributed by atoms with Gasteiger partial charge in [0, 0.05) is 18.3 Å². The molecule has 0 saturated heterocycles. The number of halogens is 4. The van der Waals surface area contributed by atoms with E-state index in [2.05, 4.69) is 21.2 Å². The summed E-state index contributed by atoms with van der Waals surface area (Å²) in [7, 11) is 0. The smallest absolute Gasteiger partial charge is 0.352 e. The van der Waals surface area contributed by atoms with Gasteiger partial charge in [-0.3, -0.25) is 4.79 Å². The van der Waals surface area contributed by atoms with E-state index >= 15 is 0 Å². The van der Waals surface area contributed by atoms with Crippen LogP contribution in [0.3, 0.4) is 0 Å². The fourth-order valence-corrected chi connectivity index (χ4v) is 2.32. The minimum absolute atomic E-state index is 0.0388. The maximum Gasteiger partial charge on any atom is 0.389 e. The van der Waals surface area contributed by atoms with Gasteiger partial charge < -0.3 is 5.32 Å². The molecule has 0 unspecified atom stereocenters. The molecule has 1 N–H and O–H groups in total. The summed E-state index contributed by atoms with van der Waals surface area (Å²) in [5.41, 5.74) is 0.526. The first-order chi connectivity index (χ1) is 7.88. The molecule has 1 aromatic heterocycles. The summed E-state index contributed by atoms with van der Waals surface area (Å²) in [5.74, 6) is -0.251. The fraction of sp³-hybridized carbons (Fsp3) is 0.500. The average Bonchev–Trinajstić information content (AvgIpc) is 2.62. The number of thiophene rings is 1. The van der Waals surface area contributed by atoms with Gasteiger partial charge >= 0.3 is 6.18 Å². The molecule has 0 bridgehead atoms. The molecule has 0 saturated carbocycles. The van der Waals surface area contributed by atoms with E-state index in [9.17, 15) is 18.0 Å². The lowest BCUT2D eigenvalue weighted by atomic mass is 10.2. The van der Waals surface area contributed by atoms with Crippen molar-refractivity contribution in [3.05, 3.63) is 20.8 Å². The van der Waals surface area contributed by atoms with Crippen molar-refractivity contribution in [1.29, 1.82) is 0 Å². The van der Waals surface area contributed by atoms with Crippen molar-refractivity contribution in [1.82, 2.24) is 5.32 Å². The maximum absolute atomic E-state index is 11.8. The molecule has 96 valence electrons. The molecule has 17 heavy (non-hydrogen) atoms. The van der Waals surface area contributed by atoms with E-state index in [0.29, 0.717) is 12.0 Å². The van der Waals surface area contributed by atoms with Crippen LogP contribution in [0, 0.1) is 0 Å². The molecule has 0 fully saturated rings. The van der Waals surface area contributed by atoms with Crippen molar-refractivity contribution in [2.75, 3.05) is 6.54 Å². The predicted octanol–water partition coefficient (Wildman–Crippen LogP) is 3.97. The van der Waals surface area contributed by atoms with E-state index in [1.165, 1.54) is 11.3 Å². The molecule has 7 heteroatoms. The van der Waals surface area contributed by atoms with Gasteiger partial charge in [-0.25, -0.2) is 0 Å². The Bertz CT molecular complexity index is 378. The second-order valence-electron chi connectivity index (χ2n) is 3.47. The third kappa shape index (κ3) is 6.07. The predicted molar refractivity (Wildman–Crippen MR) is 64.3 cm³/mol. The van der Waals surface area contributed by atoms with E-state index in [1.54, 1.807) is 11.4 Å². The zero-order valence-electron chi connectivity index (χ0n) is 8.81. The molecule has 0 aromatic carbocycles. The minimum atomic E-state index is -4.11. The van der Waals surface area contributed by atoms with E-state index in [-0.39, 0.29) is 18.9 Å². The number of rotatable bonds is 5. The summed E-state index contributed by atoms with van der Waals surface area (Å²) in [6.07, 6.45) is -4.54. The Morgan fingerprint density at radius 1 is 1.41 bits per heavy atom. The molecular weight excluding hydrogens is 319 g/mol. The molecule has 0 aliphatic carbocycles. The summed E-state index contributed by atoms with van der Waals surface area (Å²) in [6.45, 7) is 0.266. The third-order valence-corrected chi connectivity index (χ3v) is 3.51. The first-order valence-corrected chi connectivity index (χ1v) is 6.65. The molecule has 1 amide bonds. The second kappa shape index (κ2) is 6.39. The minimum Gasteiger partial charge on any atom is -0.352 e. The highest BCUT2D eigenvalue weighted by atomic mass is 79.9. The lowest BCUT2D eigenvalue weighted by molar-refractivity contribution is -0.135. The molecule has 2 nitrogen and oxygen atoms in total. The van der Waals surface area contributed by atoms with E-state index in [4.69, 9.17) is 0 Å². The van der Waals surface area contributed by atoms with Crippen molar-refractivity contribution in [2.45, 2.75) is 25.4 Å². The highest BCUT2D eigenvalue weighted by molar-refractivity contribution is 9.11. The highest BCUT2D eigenvalue weighted by Crippen LogP contribution is 2.22. The molecule has 0 aliphatic heterocycles. The monoisotopic (exact) mass is 329 g/mol. The Balaban J connectivity index is 2.17. The van der Waals surface area contributed by atoms with Crippen molar-refractivity contribution in [3.8, 4) is 0 Å². The van der Waals surface area contributed by atoms with Crippen LogP contribution in [0.5, 0.6) is 0 Å². The van der Waals surface area contributed by atoms with Crippen molar-refractivity contribution >= 4 is 33.2 Å². The first kappa shape index (κ1) is 14.5. The van der Waals surface area contributed by atoms with Crippen LogP contribution in [-0.4, -0.2) is 18.6 Å². The Morgan fingerprint density at radius 3 is 2.65 bits per heavy atom. The number of hydrogen-bond acceptors (Lipinski definition) is 2. The summed E-state index contributed by atoms with van der Waals surface area (Å²) >= 11 is 4.62. The lowest BCUT2D eigenvalue weighted by Gasteiger charge is -2.06. The maximum atomic E-state index is 11.8. The van der Waals surface area contributed by atoms with E-state index < -0.39 is 12.6 Å². The van der Waals surface area contributed by atoms with Gasteiger partial charge in [0.2, 0.25) is 0 Å². The van der Waals surface area contributed by atoms with Crippen LogP contribution in [0.25, 0.3) is 0 Å². The molecular formula is C10H11BrF3NOS. The van der Waals surface area contributed by atoms with Gasteiger partial charge in [-0.15, -0.1) is 11.3 Å². The van der Waals surface area contributed by atoms with Crippen LogP contribution in [0.4, 0.5) is 13.2 Å². The zero-order chi connectivity index (χ0) is 12.9. The summed E-state index contributed by atoms with van der Waals surface area (Å²) < 4.78 is 36.3. The number of unbranched alkanes of at least 4 members (excludes halogenated alkanes) is 1. The van der Waals surface area contributed by atoms with Gasteiger partial charge in [0.25, 0.3) is 5.91 Å². The van der Waals surface area contributed by atoms with Gasteiger partial charge in [0.1, 0.15) is 0 Å². The van der Waals surface area contributed by atoms with Gasteiger partial charge in [-0.1, -0.05) is 0 Å². The number of carbonyl (C=O) groups is 1. The zero-order valence-corrected chi connectivity index (χ0v) is 11.2. The molecule has 0 spiro atoms. The Morgan fingerprint density at radius 2 is 2.12 bits per heavy atom. The largest absolute Gasteiger partial charge is 0.389 e. The molecule has 1 aromatic rings. The van der Waals surface area contributed by atoms with Gasteiger partial charge in [-0.2, -0.15) is 13.2 Å². The Labute approximate surface area is 109 Å². The third-order valence-electron chi connectivity index (χ3n) is 2.00. The Kier molecular flexibility index (Phi) is 5.45. The molecule has 0 aliphatic rings. The average molecular weight is 330 g/mol. The van der Waals surface area contributed by atoms with Crippen molar-refractivity contribution < 1.29 is 18.0 Å². The van der Waals surface area contributed by atoms with Gasteiger partial charge in [0.05, 0.1) is 9.35 Å². The topological polar surface area (TPSA) is 29.1 Å². The standard InChI is InChI=1S/C10H11BrF3NOS/c11-8-5-7(6-17-8)9(16)15-4-2-1-3-10(12,13)14/h5-6H,1-4H2,(H,15,16). The number of amides is 1. The van der Waals surface area contributed by atoms with Crippen LogP contribution in [0.1, 0.15) is 29.6 Å². The second-order valence-corrected chi connectivity index (χ2v) is 5.76. The number of nitrogens with one attached hydrogen (secondary N) is 1. The number of carbonyl (C=O) groups excluding carboxylic acids is 1. The van der Waals surface area contributed by atoms with Gasteiger partial charge in [-0.05, 0) is 34.8 Å². The molecule has 1 rings (SSSR count). The van der Waals surface area contributed by atoms with Crippen molar-refractivity contribution in [3.63, 3.8) is 0 Å². The van der Waals surface area contributed by atoms with Crippen LogP contribution < -0.4 is 5.32 Å². The number of hydrogen-bond donors (Lipinski definition) is 1. The summed E-state index contributed by atoms with van der Waals surface area (Å²) in [6, 6.07) is 1.68. The van der Waals surface area contributed by atoms with Gasteiger partial charge in [0.15, 0.2) is 0 Å². The SMILES string of the molecule is O=C(NCCCCC(F)(F)F)c1csc(Br)c1. The molecule has 1 heterocycles. The quantitative estimate of drug-likeness (QED) is 0.813. The highest BCUT2D eigenvalue weighted by Gasteiger charge is 2.25.